The standard InChI is InChI=1S/C11H10BrFO3/c1-15-11-9(14)5-10(11)16-8-3-6(12)2-7(13)4-8/h2-4,10-11H,5H2,1H3. The van der Waals surface area contributed by atoms with Crippen molar-refractivity contribution in [2.24, 2.45) is 0 Å². The van der Waals surface area contributed by atoms with Gasteiger partial charge in [-0.3, -0.25) is 4.79 Å². The molecule has 1 aromatic carbocycles. The van der Waals surface area contributed by atoms with Crippen LogP contribution in [-0.2, 0) is 9.53 Å². The first kappa shape index (κ1) is 11.5. The smallest absolute Gasteiger partial charge is 0.169 e. The average Bonchev–Trinajstić information content (AvgIpc) is 2.15. The second-order valence-electron chi connectivity index (χ2n) is 3.59. The van der Waals surface area contributed by atoms with Gasteiger partial charge in [0.25, 0.3) is 0 Å². The number of methoxy groups -OCH3 is 1. The molecule has 1 saturated carbocycles. The fraction of sp³-hybridized carbons (Fsp3) is 0.364. The minimum Gasteiger partial charge on any atom is -0.487 e. The van der Waals surface area contributed by atoms with Gasteiger partial charge in [-0.1, -0.05) is 15.9 Å². The molecule has 0 N–H and O–H groups in total. The molecule has 0 bridgehead atoms. The highest BCUT2D eigenvalue weighted by Gasteiger charge is 2.42. The summed E-state index contributed by atoms with van der Waals surface area (Å²) in [6.07, 6.45) is -0.527. The van der Waals surface area contributed by atoms with Crippen molar-refractivity contribution in [3.63, 3.8) is 0 Å². The number of ketones is 1. The number of benzene rings is 1. The number of rotatable bonds is 3. The third-order valence-electron chi connectivity index (χ3n) is 2.43. The van der Waals surface area contributed by atoms with Gasteiger partial charge in [-0.05, 0) is 12.1 Å². The predicted molar refractivity (Wildman–Crippen MR) is 58.9 cm³/mol. The number of Topliss-reactive ketones (excluding diaryl/α,β-unsaturated/α-hetero) is 1. The van der Waals surface area contributed by atoms with E-state index in [1.165, 1.54) is 19.2 Å². The van der Waals surface area contributed by atoms with Crippen LogP contribution in [0.15, 0.2) is 22.7 Å². The lowest BCUT2D eigenvalue weighted by molar-refractivity contribution is -0.151. The predicted octanol–water partition coefficient (Wildman–Crippen LogP) is 2.32. The summed E-state index contributed by atoms with van der Waals surface area (Å²) in [6, 6.07) is 4.27. The summed E-state index contributed by atoms with van der Waals surface area (Å²) in [4.78, 5) is 11.1. The van der Waals surface area contributed by atoms with Crippen molar-refractivity contribution in [3.05, 3.63) is 28.5 Å². The number of hydrogen-bond acceptors (Lipinski definition) is 3. The van der Waals surface area contributed by atoms with Crippen LogP contribution in [0.3, 0.4) is 0 Å². The Morgan fingerprint density at radius 1 is 1.44 bits per heavy atom. The zero-order valence-electron chi connectivity index (χ0n) is 8.57. The lowest BCUT2D eigenvalue weighted by Crippen LogP contribution is -2.51. The van der Waals surface area contributed by atoms with Crippen LogP contribution in [0.4, 0.5) is 4.39 Å². The Kier molecular flexibility index (Phi) is 3.25. The van der Waals surface area contributed by atoms with E-state index in [2.05, 4.69) is 15.9 Å². The second kappa shape index (κ2) is 4.51. The van der Waals surface area contributed by atoms with E-state index in [1.54, 1.807) is 6.07 Å². The SMILES string of the molecule is COC1C(=O)CC1Oc1cc(F)cc(Br)c1. The van der Waals surface area contributed by atoms with Crippen LogP contribution in [0.25, 0.3) is 0 Å². The molecule has 16 heavy (non-hydrogen) atoms. The Morgan fingerprint density at radius 3 is 2.75 bits per heavy atom. The van der Waals surface area contributed by atoms with Crippen LogP contribution in [0.5, 0.6) is 5.75 Å². The Bertz CT molecular complexity index is 401. The van der Waals surface area contributed by atoms with Gasteiger partial charge < -0.3 is 9.47 Å². The Balaban J connectivity index is 2.07. The second-order valence-corrected chi connectivity index (χ2v) is 4.50. The molecular weight excluding hydrogens is 279 g/mol. The zero-order chi connectivity index (χ0) is 11.7. The molecule has 2 unspecified atom stereocenters. The summed E-state index contributed by atoms with van der Waals surface area (Å²) < 4.78 is 24.1. The first-order valence-corrected chi connectivity index (χ1v) is 5.57. The maximum absolute atomic E-state index is 13.0. The molecule has 2 atom stereocenters. The molecule has 0 spiro atoms. The quantitative estimate of drug-likeness (QED) is 0.856. The van der Waals surface area contributed by atoms with Gasteiger partial charge in [0.15, 0.2) is 11.9 Å². The van der Waals surface area contributed by atoms with E-state index >= 15 is 0 Å². The number of carbonyl (C=O) groups is 1. The summed E-state index contributed by atoms with van der Waals surface area (Å²) >= 11 is 3.17. The van der Waals surface area contributed by atoms with Crippen molar-refractivity contribution in [3.8, 4) is 5.75 Å². The topological polar surface area (TPSA) is 35.5 Å². The highest BCUT2D eigenvalue weighted by molar-refractivity contribution is 9.10. The highest BCUT2D eigenvalue weighted by Crippen LogP contribution is 2.27. The van der Waals surface area contributed by atoms with E-state index in [1.807, 2.05) is 0 Å². The summed E-state index contributed by atoms with van der Waals surface area (Å²) in [5.74, 6) is 0.0263. The van der Waals surface area contributed by atoms with Crippen LogP contribution in [0, 0.1) is 5.82 Å². The van der Waals surface area contributed by atoms with E-state index in [-0.39, 0.29) is 17.7 Å². The number of hydrogen-bond donors (Lipinski definition) is 0. The minimum absolute atomic E-state index is 0.0166. The van der Waals surface area contributed by atoms with Gasteiger partial charge in [-0.25, -0.2) is 4.39 Å². The molecular formula is C11H10BrFO3. The molecule has 0 radical (unpaired) electrons. The summed E-state index contributed by atoms with van der Waals surface area (Å²) in [6.45, 7) is 0. The molecule has 0 heterocycles. The lowest BCUT2D eigenvalue weighted by Gasteiger charge is -2.33. The molecule has 0 aliphatic heterocycles. The van der Waals surface area contributed by atoms with Crippen molar-refractivity contribution in [1.82, 2.24) is 0 Å². The van der Waals surface area contributed by atoms with Gasteiger partial charge in [0.2, 0.25) is 0 Å². The molecule has 0 amide bonds. The molecule has 2 rings (SSSR count). The Labute approximate surface area is 101 Å². The highest BCUT2D eigenvalue weighted by atomic mass is 79.9. The third-order valence-corrected chi connectivity index (χ3v) is 2.89. The van der Waals surface area contributed by atoms with Crippen molar-refractivity contribution >= 4 is 21.7 Å². The summed E-state index contributed by atoms with van der Waals surface area (Å²) in [5.41, 5.74) is 0. The van der Waals surface area contributed by atoms with Gasteiger partial charge in [0.05, 0.1) is 0 Å². The molecule has 1 aliphatic rings. The van der Waals surface area contributed by atoms with E-state index in [0.717, 1.165) is 0 Å². The average molecular weight is 289 g/mol. The monoisotopic (exact) mass is 288 g/mol. The fourth-order valence-electron chi connectivity index (χ4n) is 1.63. The largest absolute Gasteiger partial charge is 0.487 e. The van der Waals surface area contributed by atoms with Crippen LogP contribution in [0.1, 0.15) is 6.42 Å². The van der Waals surface area contributed by atoms with E-state index in [9.17, 15) is 9.18 Å². The molecule has 1 fully saturated rings. The van der Waals surface area contributed by atoms with Gasteiger partial charge in [0, 0.05) is 24.1 Å². The minimum atomic E-state index is -0.526. The lowest BCUT2D eigenvalue weighted by atomic mass is 9.90. The van der Waals surface area contributed by atoms with Crippen molar-refractivity contribution in [1.29, 1.82) is 0 Å². The van der Waals surface area contributed by atoms with Crippen molar-refractivity contribution in [2.75, 3.05) is 7.11 Å². The first-order valence-electron chi connectivity index (χ1n) is 4.78. The maximum atomic E-state index is 13.0. The number of ether oxygens (including phenoxy) is 2. The van der Waals surface area contributed by atoms with Gasteiger partial charge in [0.1, 0.15) is 17.7 Å². The Hall–Kier alpha value is -0.940. The zero-order valence-corrected chi connectivity index (χ0v) is 10.2. The van der Waals surface area contributed by atoms with Crippen molar-refractivity contribution in [2.45, 2.75) is 18.6 Å². The van der Waals surface area contributed by atoms with Gasteiger partial charge >= 0.3 is 0 Å². The number of carbonyl (C=O) groups excluding carboxylic acids is 1. The van der Waals surface area contributed by atoms with E-state index in [4.69, 9.17) is 9.47 Å². The molecule has 5 heteroatoms. The molecule has 1 aliphatic carbocycles. The molecule has 1 aromatic rings. The fourth-order valence-corrected chi connectivity index (χ4v) is 2.07. The molecule has 3 nitrogen and oxygen atoms in total. The van der Waals surface area contributed by atoms with Crippen LogP contribution in [-0.4, -0.2) is 25.1 Å². The van der Waals surface area contributed by atoms with Crippen molar-refractivity contribution < 1.29 is 18.7 Å². The summed E-state index contributed by atoms with van der Waals surface area (Å²) in [7, 11) is 1.46. The van der Waals surface area contributed by atoms with Gasteiger partial charge in [-0.15, -0.1) is 0 Å². The Morgan fingerprint density at radius 2 is 2.19 bits per heavy atom. The normalized spacial score (nSPS) is 24.1. The van der Waals surface area contributed by atoms with Crippen LogP contribution < -0.4 is 4.74 Å². The number of halogens is 2. The van der Waals surface area contributed by atoms with E-state index in [0.29, 0.717) is 16.6 Å². The summed E-state index contributed by atoms with van der Waals surface area (Å²) in [5, 5.41) is 0. The maximum Gasteiger partial charge on any atom is 0.169 e. The molecule has 0 saturated heterocycles. The van der Waals surface area contributed by atoms with Gasteiger partial charge in [-0.2, -0.15) is 0 Å². The van der Waals surface area contributed by atoms with Crippen LogP contribution >= 0.6 is 15.9 Å². The van der Waals surface area contributed by atoms with Crippen LogP contribution in [0.2, 0.25) is 0 Å². The molecule has 0 aromatic heterocycles. The van der Waals surface area contributed by atoms with E-state index < -0.39 is 6.10 Å². The third kappa shape index (κ3) is 2.25. The first-order chi connectivity index (χ1) is 7.60. The molecule has 86 valence electrons.